The number of hydrogen-bond donors (Lipinski definition) is 1. The van der Waals surface area contributed by atoms with Crippen molar-refractivity contribution in [2.45, 2.75) is 25.8 Å². The maximum absolute atomic E-state index is 5.67. The summed E-state index contributed by atoms with van der Waals surface area (Å²) >= 11 is 0. The maximum Gasteiger partial charge on any atom is 0.00738 e. The summed E-state index contributed by atoms with van der Waals surface area (Å²) < 4.78 is 0. The Morgan fingerprint density at radius 1 is 1.25 bits per heavy atom. The Morgan fingerprint density at radius 2 is 1.75 bits per heavy atom. The van der Waals surface area contributed by atoms with Crippen molar-refractivity contribution in [1.82, 2.24) is 0 Å². The Morgan fingerprint density at radius 3 is 1.88 bits per heavy atom. The molecule has 0 amide bonds. The first-order valence-electron chi connectivity index (χ1n) is 3.54. The quantitative estimate of drug-likeness (QED) is 0.536. The van der Waals surface area contributed by atoms with Gasteiger partial charge in [0.25, 0.3) is 0 Å². The van der Waals surface area contributed by atoms with E-state index in [9.17, 15) is 0 Å². The first-order chi connectivity index (χ1) is 3.79. The lowest BCUT2D eigenvalue weighted by atomic mass is 10.2. The predicted molar refractivity (Wildman–Crippen MR) is 33.4 cm³/mol. The van der Waals surface area contributed by atoms with Gasteiger partial charge in [0, 0.05) is 6.04 Å². The largest absolute Gasteiger partial charge is 0.327 e. The molecule has 4 atom stereocenters. The third-order valence-corrected chi connectivity index (χ3v) is 2.61. The van der Waals surface area contributed by atoms with Crippen molar-refractivity contribution in [2.75, 3.05) is 0 Å². The fourth-order valence-electron chi connectivity index (χ4n) is 1.68. The highest BCUT2D eigenvalue weighted by Gasteiger charge is 2.49. The zero-order valence-electron chi connectivity index (χ0n) is 5.30. The van der Waals surface area contributed by atoms with Crippen LogP contribution in [0.3, 0.4) is 0 Å². The van der Waals surface area contributed by atoms with Crippen LogP contribution in [-0.4, -0.2) is 6.04 Å². The molecular weight excluding hydrogens is 98.1 g/mol. The summed E-state index contributed by atoms with van der Waals surface area (Å²) in [5.41, 5.74) is 5.67. The summed E-state index contributed by atoms with van der Waals surface area (Å²) in [6.07, 6.45) is 2.77. The smallest absolute Gasteiger partial charge is 0.00738 e. The van der Waals surface area contributed by atoms with Gasteiger partial charge in [-0.2, -0.15) is 0 Å². The van der Waals surface area contributed by atoms with E-state index >= 15 is 0 Å². The lowest BCUT2D eigenvalue weighted by molar-refractivity contribution is 0.636. The molecule has 1 nitrogen and oxygen atoms in total. The number of hydrogen-bond acceptors (Lipinski definition) is 1. The van der Waals surface area contributed by atoms with Crippen LogP contribution in [-0.2, 0) is 0 Å². The molecule has 2 aliphatic carbocycles. The lowest BCUT2D eigenvalue weighted by Crippen LogP contribution is -2.02. The van der Waals surface area contributed by atoms with Crippen LogP contribution in [0.2, 0.25) is 0 Å². The third kappa shape index (κ3) is 0.576. The monoisotopic (exact) mass is 111 g/mol. The second kappa shape index (κ2) is 1.27. The van der Waals surface area contributed by atoms with Crippen molar-refractivity contribution >= 4 is 0 Å². The molecule has 0 aliphatic heterocycles. The minimum absolute atomic E-state index is 0.588. The summed E-state index contributed by atoms with van der Waals surface area (Å²) in [7, 11) is 0. The fraction of sp³-hybridized carbons (Fsp3) is 1.00. The molecule has 46 valence electrons. The minimum Gasteiger partial charge on any atom is -0.327 e. The Bertz CT molecular complexity index is 97.0. The Balaban J connectivity index is 1.86. The van der Waals surface area contributed by atoms with Crippen molar-refractivity contribution in [1.29, 1.82) is 0 Å². The molecule has 2 rings (SSSR count). The predicted octanol–water partition coefficient (Wildman–Crippen LogP) is 0.990. The van der Waals surface area contributed by atoms with E-state index in [1.165, 1.54) is 12.8 Å². The van der Waals surface area contributed by atoms with Gasteiger partial charge in [0.05, 0.1) is 0 Å². The fourth-order valence-corrected chi connectivity index (χ4v) is 1.68. The zero-order valence-corrected chi connectivity index (χ0v) is 5.30. The van der Waals surface area contributed by atoms with Gasteiger partial charge in [-0.3, -0.25) is 0 Å². The van der Waals surface area contributed by atoms with E-state index in [4.69, 9.17) is 5.73 Å². The van der Waals surface area contributed by atoms with E-state index in [0.29, 0.717) is 6.04 Å². The van der Waals surface area contributed by atoms with Crippen molar-refractivity contribution in [3.05, 3.63) is 0 Å². The van der Waals surface area contributed by atoms with Gasteiger partial charge in [-0.15, -0.1) is 0 Å². The minimum atomic E-state index is 0.588. The zero-order chi connectivity index (χ0) is 5.72. The first kappa shape index (κ1) is 4.80. The second-order valence-electron chi connectivity index (χ2n) is 3.44. The molecule has 2 fully saturated rings. The summed E-state index contributed by atoms with van der Waals surface area (Å²) in [5.74, 6) is 2.98. The van der Waals surface area contributed by atoms with E-state index in [0.717, 1.165) is 17.8 Å². The first-order valence-corrected chi connectivity index (χ1v) is 3.54. The summed E-state index contributed by atoms with van der Waals surface area (Å²) in [4.78, 5) is 0. The standard InChI is InChI=1S/C7H13N/c1-4-2-5(4)6-3-7(6)8/h4-7H,2-3,8H2,1H3/t4-,5-,6+,7-/m1/s1. The number of nitrogens with two attached hydrogens (primary N) is 1. The Hall–Kier alpha value is -0.0400. The molecule has 0 aromatic heterocycles. The second-order valence-corrected chi connectivity index (χ2v) is 3.44. The molecule has 0 saturated heterocycles. The average molecular weight is 111 g/mol. The van der Waals surface area contributed by atoms with E-state index in [1.54, 1.807) is 0 Å². The molecule has 8 heavy (non-hydrogen) atoms. The van der Waals surface area contributed by atoms with Crippen LogP contribution in [0.5, 0.6) is 0 Å². The van der Waals surface area contributed by atoms with Gasteiger partial charge < -0.3 is 5.73 Å². The van der Waals surface area contributed by atoms with E-state index < -0.39 is 0 Å². The molecule has 0 unspecified atom stereocenters. The van der Waals surface area contributed by atoms with Crippen LogP contribution >= 0.6 is 0 Å². The van der Waals surface area contributed by atoms with Gasteiger partial charge in [-0.25, -0.2) is 0 Å². The van der Waals surface area contributed by atoms with Crippen molar-refractivity contribution in [3.8, 4) is 0 Å². The van der Waals surface area contributed by atoms with Crippen LogP contribution in [0.1, 0.15) is 19.8 Å². The molecule has 0 radical (unpaired) electrons. The molecule has 0 heterocycles. The molecule has 2 aliphatic rings. The van der Waals surface area contributed by atoms with Crippen LogP contribution in [0.15, 0.2) is 0 Å². The normalized spacial score (nSPS) is 60.8. The summed E-state index contributed by atoms with van der Waals surface area (Å²) in [6, 6.07) is 0.588. The highest BCUT2D eigenvalue weighted by atomic mass is 14.8. The Labute approximate surface area is 50.3 Å². The van der Waals surface area contributed by atoms with Crippen LogP contribution < -0.4 is 5.73 Å². The average Bonchev–Trinajstić information content (AvgIpc) is 2.47. The van der Waals surface area contributed by atoms with E-state index in [-0.39, 0.29) is 0 Å². The maximum atomic E-state index is 5.67. The summed E-state index contributed by atoms with van der Waals surface area (Å²) in [6.45, 7) is 2.33. The highest BCUT2D eigenvalue weighted by Crippen LogP contribution is 2.53. The molecule has 0 aromatic rings. The SMILES string of the molecule is C[C@@H]1C[C@H]1[C@@H]1C[C@H]1N. The molecular formula is C7H13N. The molecule has 0 spiro atoms. The molecule has 1 heteroatoms. The molecule has 0 bridgehead atoms. The lowest BCUT2D eigenvalue weighted by Gasteiger charge is -1.87. The van der Waals surface area contributed by atoms with Gasteiger partial charge in [0.15, 0.2) is 0 Å². The van der Waals surface area contributed by atoms with Crippen LogP contribution in [0, 0.1) is 17.8 Å². The Kier molecular flexibility index (Phi) is 0.762. The van der Waals surface area contributed by atoms with Gasteiger partial charge in [-0.05, 0) is 30.6 Å². The van der Waals surface area contributed by atoms with E-state index in [2.05, 4.69) is 6.92 Å². The van der Waals surface area contributed by atoms with E-state index in [1.807, 2.05) is 0 Å². The molecule has 0 aromatic carbocycles. The van der Waals surface area contributed by atoms with Crippen molar-refractivity contribution in [3.63, 3.8) is 0 Å². The van der Waals surface area contributed by atoms with Gasteiger partial charge in [0.2, 0.25) is 0 Å². The van der Waals surface area contributed by atoms with Gasteiger partial charge in [0.1, 0.15) is 0 Å². The molecule has 2 saturated carbocycles. The topological polar surface area (TPSA) is 26.0 Å². The van der Waals surface area contributed by atoms with Crippen LogP contribution in [0.4, 0.5) is 0 Å². The van der Waals surface area contributed by atoms with Gasteiger partial charge in [-0.1, -0.05) is 6.92 Å². The van der Waals surface area contributed by atoms with Crippen molar-refractivity contribution < 1.29 is 0 Å². The highest BCUT2D eigenvalue weighted by molar-refractivity contribution is 5.02. The van der Waals surface area contributed by atoms with Crippen molar-refractivity contribution in [2.24, 2.45) is 23.5 Å². The summed E-state index contributed by atoms with van der Waals surface area (Å²) in [5, 5.41) is 0. The third-order valence-electron chi connectivity index (χ3n) is 2.61. The molecule has 2 N–H and O–H groups in total. The number of rotatable bonds is 1. The van der Waals surface area contributed by atoms with Gasteiger partial charge >= 0.3 is 0 Å². The van der Waals surface area contributed by atoms with Crippen LogP contribution in [0.25, 0.3) is 0 Å².